The molecule has 0 aliphatic heterocycles. The Morgan fingerprint density at radius 1 is 1.55 bits per heavy atom. The van der Waals surface area contributed by atoms with E-state index in [1.54, 1.807) is 0 Å². The largest absolute Gasteiger partial charge is 0.402 e. The zero-order valence-electron chi connectivity index (χ0n) is 7.22. The highest BCUT2D eigenvalue weighted by Gasteiger charge is 2.13. The third-order valence-electron chi connectivity index (χ3n) is 2.10. The molecule has 2 nitrogen and oxygen atoms in total. The van der Waals surface area contributed by atoms with Gasteiger partial charge in [0.2, 0.25) is 0 Å². The molecule has 0 aromatic carbocycles. The zero-order valence-corrected chi connectivity index (χ0v) is 7.22. The number of rotatable bonds is 1. The van der Waals surface area contributed by atoms with Gasteiger partial charge in [0.05, 0.1) is 0 Å². The first kappa shape index (κ1) is 8.18. The first-order chi connectivity index (χ1) is 5.15. The van der Waals surface area contributed by atoms with Crippen LogP contribution in [0.5, 0.6) is 0 Å². The quantitative estimate of drug-likeness (QED) is 0.598. The molecule has 0 spiro atoms. The van der Waals surface area contributed by atoms with Crippen LogP contribution in [-0.4, -0.2) is 0 Å². The van der Waals surface area contributed by atoms with Crippen molar-refractivity contribution in [3.8, 4) is 0 Å². The molecule has 0 amide bonds. The molecule has 1 atom stereocenters. The normalized spacial score (nSPS) is 25.3. The fourth-order valence-electron chi connectivity index (χ4n) is 1.55. The summed E-state index contributed by atoms with van der Waals surface area (Å²) in [5.41, 5.74) is 14.6. The van der Waals surface area contributed by atoms with Crippen LogP contribution in [0.15, 0.2) is 23.0 Å². The van der Waals surface area contributed by atoms with Gasteiger partial charge in [0.1, 0.15) is 0 Å². The van der Waals surface area contributed by atoms with Crippen molar-refractivity contribution >= 4 is 0 Å². The van der Waals surface area contributed by atoms with Gasteiger partial charge in [-0.15, -0.1) is 0 Å². The molecule has 1 rings (SSSR count). The van der Waals surface area contributed by atoms with Gasteiger partial charge in [-0.3, -0.25) is 0 Å². The van der Waals surface area contributed by atoms with Crippen LogP contribution in [-0.2, 0) is 0 Å². The van der Waals surface area contributed by atoms with Gasteiger partial charge in [0.25, 0.3) is 0 Å². The molecule has 11 heavy (non-hydrogen) atoms. The Bertz CT molecular complexity index is 214. The Labute approximate surface area is 68.0 Å². The van der Waals surface area contributed by atoms with Crippen molar-refractivity contribution in [3.63, 3.8) is 0 Å². The van der Waals surface area contributed by atoms with Crippen molar-refractivity contribution in [2.45, 2.75) is 26.7 Å². The molecular weight excluding hydrogens is 136 g/mol. The van der Waals surface area contributed by atoms with E-state index < -0.39 is 0 Å². The van der Waals surface area contributed by atoms with Gasteiger partial charge < -0.3 is 11.5 Å². The van der Waals surface area contributed by atoms with Gasteiger partial charge in [-0.1, -0.05) is 19.9 Å². The molecule has 0 saturated heterocycles. The van der Waals surface area contributed by atoms with E-state index in [-0.39, 0.29) is 0 Å². The Balaban J connectivity index is 2.90. The molecule has 62 valence electrons. The molecular formula is C9H16N2. The standard InChI is InChI=1S/C9H16N2/c1-3-7-8(10)4-6(2)5-9(7)11/h4,6H,3,5,10-11H2,1-2H3. The second-order valence-electron chi connectivity index (χ2n) is 3.16. The number of nitrogens with two attached hydrogens (primary N) is 2. The highest BCUT2D eigenvalue weighted by molar-refractivity contribution is 5.35. The van der Waals surface area contributed by atoms with Crippen LogP contribution in [0.1, 0.15) is 26.7 Å². The first-order valence-electron chi connectivity index (χ1n) is 4.10. The lowest BCUT2D eigenvalue weighted by Crippen LogP contribution is -2.17. The summed E-state index contributed by atoms with van der Waals surface area (Å²) in [6.45, 7) is 4.21. The summed E-state index contributed by atoms with van der Waals surface area (Å²) in [6.07, 6.45) is 4.00. The zero-order chi connectivity index (χ0) is 8.43. The monoisotopic (exact) mass is 152 g/mol. The van der Waals surface area contributed by atoms with E-state index in [1.165, 1.54) is 0 Å². The van der Waals surface area contributed by atoms with Crippen LogP contribution in [0.25, 0.3) is 0 Å². The van der Waals surface area contributed by atoms with Crippen LogP contribution in [0.3, 0.4) is 0 Å². The summed E-state index contributed by atoms with van der Waals surface area (Å²) in [4.78, 5) is 0. The average molecular weight is 152 g/mol. The third kappa shape index (κ3) is 1.56. The van der Waals surface area contributed by atoms with E-state index in [9.17, 15) is 0 Å². The summed E-state index contributed by atoms with van der Waals surface area (Å²) in [6, 6.07) is 0. The smallest absolute Gasteiger partial charge is 0.0326 e. The second-order valence-corrected chi connectivity index (χ2v) is 3.16. The van der Waals surface area contributed by atoms with Crippen LogP contribution >= 0.6 is 0 Å². The Morgan fingerprint density at radius 3 is 2.64 bits per heavy atom. The molecule has 1 unspecified atom stereocenters. The predicted octanol–water partition coefficient (Wildman–Crippen LogP) is 1.49. The average Bonchev–Trinajstić information content (AvgIpc) is 1.85. The maximum absolute atomic E-state index is 5.83. The van der Waals surface area contributed by atoms with Gasteiger partial charge in [0.15, 0.2) is 0 Å². The van der Waals surface area contributed by atoms with Gasteiger partial charge in [-0.05, 0) is 24.3 Å². The minimum atomic E-state index is 0.505. The Hall–Kier alpha value is -0.920. The van der Waals surface area contributed by atoms with Crippen LogP contribution in [0, 0.1) is 5.92 Å². The maximum Gasteiger partial charge on any atom is 0.0326 e. The highest BCUT2D eigenvalue weighted by Crippen LogP contribution is 2.24. The van der Waals surface area contributed by atoms with Crippen molar-refractivity contribution in [1.82, 2.24) is 0 Å². The topological polar surface area (TPSA) is 52.0 Å². The van der Waals surface area contributed by atoms with Gasteiger partial charge in [-0.25, -0.2) is 0 Å². The van der Waals surface area contributed by atoms with Gasteiger partial charge >= 0.3 is 0 Å². The van der Waals surface area contributed by atoms with E-state index in [0.717, 1.165) is 29.8 Å². The molecule has 0 aromatic rings. The number of hydrogen-bond donors (Lipinski definition) is 2. The second kappa shape index (κ2) is 2.99. The van der Waals surface area contributed by atoms with Crippen LogP contribution in [0.2, 0.25) is 0 Å². The molecule has 1 aliphatic rings. The summed E-state index contributed by atoms with van der Waals surface area (Å²) in [7, 11) is 0. The van der Waals surface area contributed by atoms with Crippen molar-refractivity contribution in [2.24, 2.45) is 17.4 Å². The van der Waals surface area contributed by atoms with Gasteiger partial charge in [-0.2, -0.15) is 0 Å². The van der Waals surface area contributed by atoms with E-state index in [2.05, 4.69) is 19.9 Å². The maximum atomic E-state index is 5.83. The van der Waals surface area contributed by atoms with E-state index >= 15 is 0 Å². The van der Waals surface area contributed by atoms with Crippen molar-refractivity contribution in [2.75, 3.05) is 0 Å². The van der Waals surface area contributed by atoms with Crippen molar-refractivity contribution in [3.05, 3.63) is 23.0 Å². The van der Waals surface area contributed by atoms with E-state index in [0.29, 0.717) is 5.92 Å². The van der Waals surface area contributed by atoms with E-state index in [4.69, 9.17) is 11.5 Å². The van der Waals surface area contributed by atoms with Crippen LogP contribution in [0.4, 0.5) is 0 Å². The number of hydrogen-bond acceptors (Lipinski definition) is 2. The third-order valence-corrected chi connectivity index (χ3v) is 2.10. The Morgan fingerprint density at radius 2 is 2.18 bits per heavy atom. The summed E-state index contributed by atoms with van der Waals surface area (Å²) in [5, 5.41) is 0. The molecule has 0 saturated carbocycles. The lowest BCUT2D eigenvalue weighted by Gasteiger charge is -2.19. The summed E-state index contributed by atoms with van der Waals surface area (Å²) < 4.78 is 0. The van der Waals surface area contributed by atoms with Gasteiger partial charge in [0, 0.05) is 11.4 Å². The fraction of sp³-hybridized carbons (Fsp3) is 0.556. The molecule has 0 bridgehead atoms. The molecule has 2 heteroatoms. The highest BCUT2D eigenvalue weighted by atomic mass is 14.7. The molecule has 0 fully saturated rings. The minimum Gasteiger partial charge on any atom is -0.402 e. The summed E-state index contributed by atoms with van der Waals surface area (Å²) >= 11 is 0. The van der Waals surface area contributed by atoms with Crippen molar-refractivity contribution in [1.29, 1.82) is 0 Å². The Kier molecular flexibility index (Phi) is 2.22. The first-order valence-corrected chi connectivity index (χ1v) is 4.10. The molecule has 4 N–H and O–H groups in total. The lowest BCUT2D eigenvalue weighted by atomic mass is 9.92. The number of allylic oxidation sites excluding steroid dienone is 3. The lowest BCUT2D eigenvalue weighted by molar-refractivity contribution is 0.677. The molecule has 0 heterocycles. The van der Waals surface area contributed by atoms with Crippen molar-refractivity contribution < 1.29 is 0 Å². The SMILES string of the molecule is CCC1=C(N)CC(C)C=C1N. The fourth-order valence-corrected chi connectivity index (χ4v) is 1.55. The predicted molar refractivity (Wildman–Crippen MR) is 47.6 cm³/mol. The molecule has 0 radical (unpaired) electrons. The summed E-state index contributed by atoms with van der Waals surface area (Å²) in [5.74, 6) is 0.505. The molecule has 0 aromatic heterocycles. The van der Waals surface area contributed by atoms with E-state index in [1.807, 2.05) is 0 Å². The minimum absolute atomic E-state index is 0.505. The van der Waals surface area contributed by atoms with Crippen LogP contribution < -0.4 is 11.5 Å². The molecule has 1 aliphatic carbocycles.